The van der Waals surface area contributed by atoms with Crippen LogP contribution in [0, 0.1) is 11.3 Å². The van der Waals surface area contributed by atoms with Gasteiger partial charge in [0, 0.05) is 6.54 Å². The molecule has 1 rings (SSSR count). The molecule has 0 aliphatic carbocycles. The predicted octanol–water partition coefficient (Wildman–Crippen LogP) is 1.32. The summed E-state index contributed by atoms with van der Waals surface area (Å²) in [4.78, 5) is 0. The zero-order chi connectivity index (χ0) is 8.81. The highest BCUT2D eigenvalue weighted by Gasteiger charge is 1.99. The second-order valence-electron chi connectivity index (χ2n) is 2.25. The molecule has 0 radical (unpaired) electrons. The summed E-state index contributed by atoms with van der Waals surface area (Å²) >= 11 is 0. The van der Waals surface area contributed by atoms with Gasteiger partial charge in [-0.3, -0.25) is 0 Å². The summed E-state index contributed by atoms with van der Waals surface area (Å²) in [5.74, 6) is 0.602. The number of nitriles is 1. The summed E-state index contributed by atoms with van der Waals surface area (Å²) < 4.78 is 5.23. The van der Waals surface area contributed by atoms with Crippen LogP contribution in [-0.2, 0) is 0 Å². The number of para-hydroxylation sites is 1. The number of ether oxygens (including phenoxy) is 1. The largest absolute Gasteiger partial charge is 0.491 e. The third kappa shape index (κ3) is 3.32. The number of hydrogen-bond acceptors (Lipinski definition) is 3. The van der Waals surface area contributed by atoms with Crippen LogP contribution in [0.2, 0.25) is 0 Å². The second-order valence-corrected chi connectivity index (χ2v) is 2.25. The van der Waals surface area contributed by atoms with Crippen LogP contribution in [0.5, 0.6) is 5.75 Å². The van der Waals surface area contributed by atoms with Gasteiger partial charge in [-0.05, 0) is 12.1 Å². The molecule has 3 nitrogen and oxygen atoms in total. The summed E-state index contributed by atoms with van der Waals surface area (Å²) in [6.07, 6.45) is 0. The molecule has 0 heterocycles. The van der Waals surface area contributed by atoms with Crippen LogP contribution in [0.25, 0.3) is 0 Å². The van der Waals surface area contributed by atoms with Gasteiger partial charge in [0.25, 0.3) is 0 Å². The van der Waals surface area contributed by atoms with E-state index in [1.165, 1.54) is 0 Å². The standard InChI is InChI=1S/C9H10N2O.ClH/c10-5-6-12-9-4-2-1-3-8(9)7-11;/h1-4H,5-6,10H2;1H. The Morgan fingerprint density at radius 3 is 2.69 bits per heavy atom. The lowest BCUT2D eigenvalue weighted by Gasteiger charge is -2.04. The first-order valence-electron chi connectivity index (χ1n) is 3.70. The van der Waals surface area contributed by atoms with Gasteiger partial charge in [-0.2, -0.15) is 5.26 Å². The minimum absolute atomic E-state index is 0. The molecular weight excluding hydrogens is 188 g/mol. The maximum atomic E-state index is 8.66. The summed E-state index contributed by atoms with van der Waals surface area (Å²) in [5.41, 5.74) is 5.81. The van der Waals surface area contributed by atoms with E-state index in [9.17, 15) is 0 Å². The van der Waals surface area contributed by atoms with Crippen LogP contribution in [0.3, 0.4) is 0 Å². The van der Waals surface area contributed by atoms with Gasteiger partial charge in [0.1, 0.15) is 18.4 Å². The average molecular weight is 199 g/mol. The zero-order valence-electron chi connectivity index (χ0n) is 7.06. The zero-order valence-corrected chi connectivity index (χ0v) is 7.88. The van der Waals surface area contributed by atoms with Gasteiger partial charge in [0.05, 0.1) is 5.56 Å². The van der Waals surface area contributed by atoms with Gasteiger partial charge < -0.3 is 10.5 Å². The Balaban J connectivity index is 0.00000144. The van der Waals surface area contributed by atoms with Gasteiger partial charge in [-0.1, -0.05) is 12.1 Å². The van der Waals surface area contributed by atoms with Gasteiger partial charge in [-0.15, -0.1) is 12.4 Å². The number of nitrogens with zero attached hydrogens (tertiary/aromatic N) is 1. The van der Waals surface area contributed by atoms with E-state index in [0.717, 1.165) is 0 Å². The number of rotatable bonds is 3. The predicted molar refractivity (Wildman–Crippen MR) is 53.0 cm³/mol. The first-order valence-corrected chi connectivity index (χ1v) is 3.70. The molecule has 13 heavy (non-hydrogen) atoms. The van der Waals surface area contributed by atoms with E-state index in [0.29, 0.717) is 24.5 Å². The highest BCUT2D eigenvalue weighted by molar-refractivity contribution is 5.85. The van der Waals surface area contributed by atoms with Crippen molar-refractivity contribution in [1.29, 1.82) is 5.26 Å². The first-order chi connectivity index (χ1) is 5.88. The molecule has 0 bridgehead atoms. The maximum Gasteiger partial charge on any atom is 0.137 e. The molecular formula is C9H11ClN2O. The molecule has 0 atom stereocenters. The summed E-state index contributed by atoms with van der Waals surface area (Å²) in [6.45, 7) is 0.901. The fourth-order valence-electron chi connectivity index (χ4n) is 0.854. The van der Waals surface area contributed by atoms with Crippen molar-refractivity contribution in [1.82, 2.24) is 0 Å². The summed E-state index contributed by atoms with van der Waals surface area (Å²) in [5, 5.41) is 8.66. The third-order valence-corrected chi connectivity index (χ3v) is 1.38. The van der Waals surface area contributed by atoms with Crippen molar-refractivity contribution in [3.8, 4) is 11.8 Å². The second kappa shape index (κ2) is 6.30. The monoisotopic (exact) mass is 198 g/mol. The minimum atomic E-state index is 0. The third-order valence-electron chi connectivity index (χ3n) is 1.38. The molecule has 0 saturated carbocycles. The lowest BCUT2D eigenvalue weighted by molar-refractivity contribution is 0.327. The topological polar surface area (TPSA) is 59.0 Å². The van der Waals surface area contributed by atoms with Gasteiger partial charge >= 0.3 is 0 Å². The molecule has 2 N–H and O–H groups in total. The average Bonchev–Trinajstić information content (AvgIpc) is 2.15. The van der Waals surface area contributed by atoms with E-state index < -0.39 is 0 Å². The number of benzene rings is 1. The lowest BCUT2D eigenvalue weighted by Crippen LogP contribution is -2.11. The van der Waals surface area contributed by atoms with Crippen LogP contribution in [-0.4, -0.2) is 13.2 Å². The molecule has 0 saturated heterocycles. The molecule has 70 valence electrons. The Morgan fingerprint density at radius 1 is 1.38 bits per heavy atom. The van der Waals surface area contributed by atoms with Gasteiger partial charge in [-0.25, -0.2) is 0 Å². The van der Waals surface area contributed by atoms with Crippen molar-refractivity contribution in [3.05, 3.63) is 29.8 Å². The van der Waals surface area contributed by atoms with Crippen molar-refractivity contribution in [2.24, 2.45) is 5.73 Å². The highest BCUT2D eigenvalue weighted by atomic mass is 35.5. The van der Waals surface area contributed by atoms with E-state index in [1.807, 2.05) is 12.1 Å². The number of hydrogen-bond donors (Lipinski definition) is 1. The quantitative estimate of drug-likeness (QED) is 0.797. The molecule has 0 aliphatic rings. The van der Waals surface area contributed by atoms with Crippen LogP contribution in [0.4, 0.5) is 0 Å². The Bertz CT molecular complexity index is 296. The molecule has 0 spiro atoms. The molecule has 0 aliphatic heterocycles. The highest BCUT2D eigenvalue weighted by Crippen LogP contribution is 2.15. The summed E-state index contributed by atoms with van der Waals surface area (Å²) in [7, 11) is 0. The maximum absolute atomic E-state index is 8.66. The van der Waals surface area contributed by atoms with Crippen molar-refractivity contribution >= 4 is 12.4 Å². The minimum Gasteiger partial charge on any atom is -0.491 e. The van der Waals surface area contributed by atoms with Crippen molar-refractivity contribution in [2.75, 3.05) is 13.2 Å². The molecule has 0 fully saturated rings. The van der Waals surface area contributed by atoms with E-state index in [1.54, 1.807) is 18.2 Å². The van der Waals surface area contributed by atoms with Crippen LogP contribution >= 0.6 is 12.4 Å². The number of halogens is 1. The Morgan fingerprint density at radius 2 is 2.08 bits per heavy atom. The molecule has 0 unspecified atom stereocenters. The molecule has 0 amide bonds. The molecule has 0 aromatic heterocycles. The van der Waals surface area contributed by atoms with Crippen molar-refractivity contribution in [3.63, 3.8) is 0 Å². The van der Waals surface area contributed by atoms with E-state index in [4.69, 9.17) is 15.7 Å². The SMILES string of the molecule is Cl.N#Cc1ccccc1OCCN. The fourth-order valence-corrected chi connectivity index (χ4v) is 0.854. The first kappa shape index (κ1) is 11.8. The normalized spacial score (nSPS) is 8.31. The van der Waals surface area contributed by atoms with Gasteiger partial charge in [0.15, 0.2) is 0 Å². The Kier molecular flexibility index (Phi) is 5.69. The summed E-state index contributed by atoms with van der Waals surface area (Å²) in [6, 6.07) is 9.14. The van der Waals surface area contributed by atoms with Crippen molar-refractivity contribution in [2.45, 2.75) is 0 Å². The fraction of sp³-hybridized carbons (Fsp3) is 0.222. The van der Waals surface area contributed by atoms with E-state index >= 15 is 0 Å². The van der Waals surface area contributed by atoms with Crippen LogP contribution in [0.15, 0.2) is 24.3 Å². The van der Waals surface area contributed by atoms with Gasteiger partial charge in [0.2, 0.25) is 0 Å². The Labute approximate surface area is 83.5 Å². The molecule has 1 aromatic carbocycles. The lowest BCUT2D eigenvalue weighted by atomic mass is 10.2. The van der Waals surface area contributed by atoms with E-state index in [-0.39, 0.29) is 12.4 Å². The van der Waals surface area contributed by atoms with E-state index in [2.05, 4.69) is 0 Å². The van der Waals surface area contributed by atoms with Crippen molar-refractivity contribution < 1.29 is 4.74 Å². The molecule has 4 heteroatoms. The van der Waals surface area contributed by atoms with Crippen LogP contribution < -0.4 is 10.5 Å². The Hall–Kier alpha value is -1.24. The molecule has 1 aromatic rings. The van der Waals surface area contributed by atoms with Crippen LogP contribution in [0.1, 0.15) is 5.56 Å². The smallest absolute Gasteiger partial charge is 0.137 e. The number of nitrogens with two attached hydrogens (primary N) is 1.